The first-order chi connectivity index (χ1) is 12.8. The number of nitrogens with two attached hydrogens (primary N) is 1. The Morgan fingerprint density at radius 1 is 1.48 bits per heavy atom. The number of thiophene rings is 1. The molecule has 4 N–H and O–H groups in total. The number of Topliss-reactive ketones (excluding diaryl/α,β-unsaturated/α-hetero) is 1. The number of rotatable bonds is 6. The Balaban J connectivity index is 1.91. The zero-order valence-electron chi connectivity index (χ0n) is 15.2. The Kier molecular flexibility index (Phi) is 5.23. The highest BCUT2D eigenvalue weighted by Crippen LogP contribution is 2.32. The molecule has 0 amide bonds. The van der Waals surface area contributed by atoms with Crippen LogP contribution in [0.4, 0.5) is 0 Å². The Morgan fingerprint density at radius 2 is 2.26 bits per heavy atom. The van der Waals surface area contributed by atoms with E-state index in [0.717, 1.165) is 4.88 Å². The number of carbonyl (C=O) groups excluding carboxylic acids is 1. The SMILES string of the molecule is CC(C)(C)C(N)C(=O)c1c[nH]c2ncc(-c3ccc(ONCC#N)s3)nc12. The molecular formula is C18H20N6O2S. The number of nitrogens with one attached hydrogen (secondary N) is 2. The van der Waals surface area contributed by atoms with Gasteiger partial charge in [-0.15, -0.1) is 5.48 Å². The molecular weight excluding hydrogens is 364 g/mol. The summed E-state index contributed by atoms with van der Waals surface area (Å²) in [7, 11) is 0. The molecule has 0 aliphatic rings. The van der Waals surface area contributed by atoms with Crippen molar-refractivity contribution < 1.29 is 9.63 Å². The van der Waals surface area contributed by atoms with E-state index in [4.69, 9.17) is 15.8 Å². The molecule has 0 saturated carbocycles. The lowest BCUT2D eigenvalue weighted by Gasteiger charge is -2.25. The summed E-state index contributed by atoms with van der Waals surface area (Å²) in [6.45, 7) is 5.86. The molecule has 0 saturated heterocycles. The molecule has 0 aliphatic heterocycles. The summed E-state index contributed by atoms with van der Waals surface area (Å²) in [5, 5.41) is 9.12. The van der Waals surface area contributed by atoms with Crippen LogP contribution in [0.1, 0.15) is 31.1 Å². The van der Waals surface area contributed by atoms with Crippen LogP contribution in [0.25, 0.3) is 21.7 Å². The van der Waals surface area contributed by atoms with Gasteiger partial charge in [-0.25, -0.2) is 9.97 Å². The molecule has 0 spiro atoms. The highest BCUT2D eigenvalue weighted by atomic mass is 32.1. The highest BCUT2D eigenvalue weighted by molar-refractivity contribution is 7.17. The predicted octanol–water partition coefficient (Wildman–Crippen LogP) is 2.65. The number of hydroxylamine groups is 1. The number of fused-ring (bicyclic) bond motifs is 1. The fourth-order valence-corrected chi connectivity index (χ4v) is 3.20. The summed E-state index contributed by atoms with van der Waals surface area (Å²) in [4.78, 5) is 30.9. The van der Waals surface area contributed by atoms with Crippen molar-refractivity contribution in [2.75, 3.05) is 6.54 Å². The maximum absolute atomic E-state index is 12.8. The number of aromatic amines is 1. The minimum atomic E-state index is -0.644. The quantitative estimate of drug-likeness (QED) is 0.258. The smallest absolute Gasteiger partial charge is 0.201 e. The van der Waals surface area contributed by atoms with Crippen LogP contribution in [0, 0.1) is 16.7 Å². The number of hydrogen-bond acceptors (Lipinski definition) is 8. The molecule has 3 aromatic rings. The molecule has 3 rings (SSSR count). The van der Waals surface area contributed by atoms with Gasteiger partial charge in [0.25, 0.3) is 0 Å². The van der Waals surface area contributed by atoms with E-state index in [2.05, 4.69) is 20.4 Å². The van der Waals surface area contributed by atoms with Crippen LogP contribution in [0.15, 0.2) is 24.5 Å². The summed E-state index contributed by atoms with van der Waals surface area (Å²) in [5.74, 6) is -0.170. The highest BCUT2D eigenvalue weighted by Gasteiger charge is 2.30. The molecule has 0 aliphatic carbocycles. The number of ketones is 1. The molecule has 27 heavy (non-hydrogen) atoms. The topological polar surface area (TPSA) is 130 Å². The lowest BCUT2D eigenvalue weighted by molar-refractivity contribution is 0.0903. The van der Waals surface area contributed by atoms with Gasteiger partial charge in [-0.05, 0) is 17.5 Å². The Hall–Kier alpha value is -2.80. The van der Waals surface area contributed by atoms with Crippen molar-refractivity contribution in [1.82, 2.24) is 20.4 Å². The standard InChI is InChI=1S/C18H20N6O2S/c1-18(2,3)16(20)15(25)10-8-21-17-14(10)24-11(9-22-17)12-4-5-13(27-12)26-23-7-6-19/h4-5,8-9,16,23H,7,20H2,1-3H3,(H,21,22). The fraction of sp³-hybridized carbons (Fsp3) is 0.333. The van der Waals surface area contributed by atoms with Crippen LogP contribution in [-0.4, -0.2) is 33.3 Å². The Bertz CT molecular complexity index is 1010. The van der Waals surface area contributed by atoms with Crippen molar-refractivity contribution in [3.8, 4) is 21.7 Å². The van der Waals surface area contributed by atoms with E-state index in [9.17, 15) is 4.79 Å². The van der Waals surface area contributed by atoms with Crippen molar-refractivity contribution in [2.45, 2.75) is 26.8 Å². The van der Waals surface area contributed by atoms with Crippen molar-refractivity contribution >= 4 is 28.3 Å². The summed E-state index contributed by atoms with van der Waals surface area (Å²) in [6.07, 6.45) is 3.24. The van der Waals surface area contributed by atoms with Gasteiger partial charge < -0.3 is 15.6 Å². The van der Waals surface area contributed by atoms with Crippen molar-refractivity contribution in [3.05, 3.63) is 30.1 Å². The normalized spacial score (nSPS) is 12.7. The molecule has 3 aromatic heterocycles. The third-order valence-corrected chi connectivity index (χ3v) is 5.01. The second kappa shape index (κ2) is 7.44. The van der Waals surface area contributed by atoms with Crippen LogP contribution < -0.4 is 16.1 Å². The third kappa shape index (κ3) is 3.98. The first-order valence-corrected chi connectivity index (χ1v) is 9.13. The number of hydrogen-bond donors (Lipinski definition) is 3. The van der Waals surface area contributed by atoms with Crippen LogP contribution in [0.5, 0.6) is 5.06 Å². The van der Waals surface area contributed by atoms with Gasteiger partial charge in [-0.1, -0.05) is 32.1 Å². The Morgan fingerprint density at radius 3 is 2.96 bits per heavy atom. The average molecular weight is 384 g/mol. The molecule has 0 bridgehead atoms. The van der Waals surface area contributed by atoms with E-state index >= 15 is 0 Å². The zero-order valence-corrected chi connectivity index (χ0v) is 16.1. The van der Waals surface area contributed by atoms with Crippen molar-refractivity contribution in [1.29, 1.82) is 5.26 Å². The van der Waals surface area contributed by atoms with Gasteiger partial charge >= 0.3 is 0 Å². The first-order valence-electron chi connectivity index (χ1n) is 8.32. The van der Waals surface area contributed by atoms with E-state index < -0.39 is 6.04 Å². The molecule has 0 fully saturated rings. The monoisotopic (exact) mass is 384 g/mol. The third-order valence-electron chi connectivity index (χ3n) is 4.02. The molecule has 140 valence electrons. The molecule has 1 unspecified atom stereocenters. The van der Waals surface area contributed by atoms with Gasteiger partial charge in [0, 0.05) is 6.20 Å². The molecule has 0 aromatic carbocycles. The summed E-state index contributed by atoms with van der Waals surface area (Å²) < 4.78 is 0. The minimum Gasteiger partial charge on any atom is -0.397 e. The van der Waals surface area contributed by atoms with E-state index in [1.807, 2.05) is 32.9 Å². The molecule has 1 atom stereocenters. The van der Waals surface area contributed by atoms with E-state index in [1.165, 1.54) is 11.3 Å². The van der Waals surface area contributed by atoms with Gasteiger partial charge in [-0.2, -0.15) is 5.26 Å². The van der Waals surface area contributed by atoms with Gasteiger partial charge in [0.15, 0.2) is 11.4 Å². The largest absolute Gasteiger partial charge is 0.397 e. The second-order valence-corrected chi connectivity index (χ2v) is 8.11. The molecule has 8 nitrogen and oxygen atoms in total. The van der Waals surface area contributed by atoms with E-state index in [0.29, 0.717) is 27.5 Å². The van der Waals surface area contributed by atoms with Gasteiger partial charge in [0.05, 0.1) is 34.4 Å². The number of aromatic nitrogens is 3. The number of nitrogens with zero attached hydrogens (tertiary/aromatic N) is 3. The number of nitriles is 1. The van der Waals surface area contributed by atoms with Gasteiger partial charge in [0.1, 0.15) is 12.1 Å². The maximum Gasteiger partial charge on any atom is 0.201 e. The van der Waals surface area contributed by atoms with E-state index in [1.54, 1.807) is 18.5 Å². The Labute approximate surface area is 160 Å². The fourth-order valence-electron chi connectivity index (χ4n) is 2.41. The first kappa shape index (κ1) is 19.0. The van der Waals surface area contributed by atoms with Crippen molar-refractivity contribution in [3.63, 3.8) is 0 Å². The van der Waals surface area contributed by atoms with E-state index in [-0.39, 0.29) is 17.7 Å². The second-order valence-electron chi connectivity index (χ2n) is 7.06. The lowest BCUT2D eigenvalue weighted by atomic mass is 9.83. The number of H-pyrrole nitrogens is 1. The summed E-state index contributed by atoms with van der Waals surface area (Å²) >= 11 is 1.36. The zero-order chi connectivity index (χ0) is 19.6. The van der Waals surface area contributed by atoms with Gasteiger partial charge in [0.2, 0.25) is 5.06 Å². The molecule has 9 heteroatoms. The summed E-state index contributed by atoms with van der Waals surface area (Å²) in [5.41, 5.74) is 10.4. The van der Waals surface area contributed by atoms with Crippen LogP contribution in [-0.2, 0) is 0 Å². The maximum atomic E-state index is 12.8. The predicted molar refractivity (Wildman–Crippen MR) is 103 cm³/mol. The minimum absolute atomic E-state index is 0.0852. The average Bonchev–Trinajstić information content (AvgIpc) is 3.26. The number of carbonyl (C=O) groups is 1. The lowest BCUT2D eigenvalue weighted by Crippen LogP contribution is -2.42. The molecule has 0 radical (unpaired) electrons. The van der Waals surface area contributed by atoms with Crippen molar-refractivity contribution in [2.24, 2.45) is 11.1 Å². The van der Waals surface area contributed by atoms with Crippen LogP contribution >= 0.6 is 11.3 Å². The van der Waals surface area contributed by atoms with Crippen LogP contribution in [0.2, 0.25) is 0 Å². The van der Waals surface area contributed by atoms with Crippen LogP contribution in [0.3, 0.4) is 0 Å². The van der Waals surface area contributed by atoms with Gasteiger partial charge in [-0.3, -0.25) is 4.79 Å². The molecule has 3 heterocycles. The summed E-state index contributed by atoms with van der Waals surface area (Å²) in [6, 6.07) is 4.91.